The fraction of sp³-hybridized carbons (Fsp3) is 0.750. The van der Waals surface area contributed by atoms with E-state index in [9.17, 15) is 0 Å². The van der Waals surface area contributed by atoms with Gasteiger partial charge in [-0.1, -0.05) is 6.92 Å². The summed E-state index contributed by atoms with van der Waals surface area (Å²) in [4.78, 5) is 4.21. The van der Waals surface area contributed by atoms with Crippen LogP contribution in [-0.4, -0.2) is 22.3 Å². The number of aromatic nitrogens is 2. The summed E-state index contributed by atoms with van der Waals surface area (Å²) in [6.45, 7) is 5.17. The predicted octanol–water partition coefficient (Wildman–Crippen LogP) is 2.03. The van der Waals surface area contributed by atoms with Crippen molar-refractivity contribution in [1.29, 1.82) is 0 Å². The fourth-order valence-corrected chi connectivity index (χ4v) is 2.31. The molecule has 1 aromatic rings. The maximum Gasteiger partial charge on any atom is 0.0952 e. The van der Waals surface area contributed by atoms with Crippen LogP contribution in [0.2, 0.25) is 0 Å². The zero-order chi connectivity index (χ0) is 11.5. The first-order chi connectivity index (χ1) is 7.74. The van der Waals surface area contributed by atoms with Crippen LogP contribution in [0.5, 0.6) is 0 Å². The summed E-state index contributed by atoms with van der Waals surface area (Å²) in [5.74, 6) is 0. The van der Waals surface area contributed by atoms with Gasteiger partial charge in [0, 0.05) is 18.8 Å². The van der Waals surface area contributed by atoms with Crippen molar-refractivity contribution < 1.29 is 4.74 Å². The van der Waals surface area contributed by atoms with Gasteiger partial charge in [-0.05, 0) is 26.2 Å². The Morgan fingerprint density at radius 3 is 3.12 bits per heavy atom. The van der Waals surface area contributed by atoms with Crippen LogP contribution in [-0.2, 0) is 4.74 Å². The highest BCUT2D eigenvalue weighted by Gasteiger charge is 2.25. The summed E-state index contributed by atoms with van der Waals surface area (Å²) < 4.78 is 7.89. The van der Waals surface area contributed by atoms with Crippen LogP contribution in [0, 0.1) is 0 Å². The number of nitrogens with zero attached hydrogens (tertiary/aromatic N) is 2. The van der Waals surface area contributed by atoms with Gasteiger partial charge in [0.1, 0.15) is 0 Å². The van der Waals surface area contributed by atoms with Crippen molar-refractivity contribution in [3.05, 3.63) is 18.2 Å². The average molecular weight is 223 g/mol. The second-order valence-electron chi connectivity index (χ2n) is 4.53. The van der Waals surface area contributed by atoms with Gasteiger partial charge in [0.15, 0.2) is 0 Å². The molecule has 4 nitrogen and oxygen atoms in total. The third kappa shape index (κ3) is 2.13. The van der Waals surface area contributed by atoms with Crippen molar-refractivity contribution in [2.24, 2.45) is 5.73 Å². The number of rotatable bonds is 4. The van der Waals surface area contributed by atoms with Crippen LogP contribution < -0.4 is 5.73 Å². The molecule has 0 bridgehead atoms. The minimum absolute atomic E-state index is 0.0753. The number of ether oxygens (including phenoxy) is 1. The molecule has 0 aromatic carbocycles. The molecule has 1 aliphatic rings. The highest BCUT2D eigenvalue weighted by atomic mass is 16.5. The lowest BCUT2D eigenvalue weighted by molar-refractivity contribution is 0.0720. The molecule has 0 spiro atoms. The lowest BCUT2D eigenvalue weighted by Crippen LogP contribution is -2.24. The van der Waals surface area contributed by atoms with E-state index in [4.69, 9.17) is 10.5 Å². The second-order valence-corrected chi connectivity index (χ2v) is 4.53. The van der Waals surface area contributed by atoms with Gasteiger partial charge >= 0.3 is 0 Å². The van der Waals surface area contributed by atoms with Gasteiger partial charge < -0.3 is 15.0 Å². The van der Waals surface area contributed by atoms with Gasteiger partial charge in [-0.2, -0.15) is 0 Å². The van der Waals surface area contributed by atoms with Crippen LogP contribution in [0.4, 0.5) is 0 Å². The zero-order valence-electron chi connectivity index (χ0n) is 10.1. The van der Waals surface area contributed by atoms with Crippen molar-refractivity contribution in [2.45, 2.75) is 51.3 Å². The third-order valence-corrected chi connectivity index (χ3v) is 3.46. The zero-order valence-corrected chi connectivity index (χ0v) is 10.1. The Balaban J connectivity index is 2.15. The smallest absolute Gasteiger partial charge is 0.0952 e. The van der Waals surface area contributed by atoms with Crippen LogP contribution in [0.15, 0.2) is 12.5 Å². The molecule has 2 unspecified atom stereocenters. The van der Waals surface area contributed by atoms with Crippen molar-refractivity contribution in [1.82, 2.24) is 9.55 Å². The molecule has 4 heteroatoms. The Morgan fingerprint density at radius 1 is 1.69 bits per heavy atom. The third-order valence-electron chi connectivity index (χ3n) is 3.46. The van der Waals surface area contributed by atoms with Gasteiger partial charge in [-0.3, -0.25) is 0 Å². The number of nitrogens with two attached hydrogens (primary N) is 1. The SMILES string of the molecule is CC[C@@H](N)c1cncn1C(C)C1CCCO1. The van der Waals surface area contributed by atoms with Gasteiger partial charge in [0.05, 0.1) is 24.2 Å². The molecule has 0 amide bonds. The molecule has 0 aliphatic carbocycles. The van der Waals surface area contributed by atoms with Crippen molar-refractivity contribution in [3.8, 4) is 0 Å². The monoisotopic (exact) mass is 223 g/mol. The molecular formula is C12H21N3O. The van der Waals surface area contributed by atoms with E-state index < -0.39 is 0 Å². The summed E-state index contributed by atoms with van der Waals surface area (Å²) >= 11 is 0. The molecule has 1 aromatic heterocycles. The van der Waals surface area contributed by atoms with Gasteiger partial charge in [-0.25, -0.2) is 4.98 Å². The molecule has 2 heterocycles. The average Bonchev–Trinajstić information content (AvgIpc) is 2.97. The lowest BCUT2D eigenvalue weighted by Gasteiger charge is -2.23. The lowest BCUT2D eigenvalue weighted by atomic mass is 10.1. The van der Waals surface area contributed by atoms with E-state index in [1.165, 1.54) is 6.42 Å². The molecule has 0 saturated carbocycles. The second kappa shape index (κ2) is 4.97. The predicted molar refractivity (Wildman–Crippen MR) is 63.1 cm³/mol. The fourth-order valence-electron chi connectivity index (χ4n) is 2.31. The normalized spacial score (nSPS) is 24.6. The summed E-state index contributed by atoms with van der Waals surface area (Å²) in [5.41, 5.74) is 7.19. The summed E-state index contributed by atoms with van der Waals surface area (Å²) in [7, 11) is 0. The Kier molecular flexibility index (Phi) is 3.61. The van der Waals surface area contributed by atoms with Crippen LogP contribution >= 0.6 is 0 Å². The molecule has 3 atom stereocenters. The first-order valence-corrected chi connectivity index (χ1v) is 6.13. The highest BCUT2D eigenvalue weighted by Crippen LogP contribution is 2.27. The Bertz CT molecular complexity index is 331. The van der Waals surface area contributed by atoms with Crippen molar-refractivity contribution in [2.75, 3.05) is 6.61 Å². The van der Waals surface area contributed by atoms with E-state index >= 15 is 0 Å². The summed E-state index contributed by atoms with van der Waals surface area (Å²) in [6, 6.07) is 0.406. The number of hydrogen-bond acceptors (Lipinski definition) is 3. The van der Waals surface area contributed by atoms with E-state index in [1.54, 1.807) is 0 Å². The van der Waals surface area contributed by atoms with E-state index in [1.807, 2.05) is 12.5 Å². The van der Waals surface area contributed by atoms with Crippen LogP contribution in [0.25, 0.3) is 0 Å². The Morgan fingerprint density at radius 2 is 2.50 bits per heavy atom. The Hall–Kier alpha value is -0.870. The van der Waals surface area contributed by atoms with Gasteiger partial charge in [0.2, 0.25) is 0 Å². The molecule has 16 heavy (non-hydrogen) atoms. The molecule has 2 N–H and O–H groups in total. The van der Waals surface area contributed by atoms with E-state index in [2.05, 4.69) is 23.4 Å². The Labute approximate surface area is 96.8 Å². The van der Waals surface area contributed by atoms with Crippen molar-refractivity contribution >= 4 is 0 Å². The minimum Gasteiger partial charge on any atom is -0.376 e. The molecular weight excluding hydrogens is 202 g/mol. The van der Waals surface area contributed by atoms with E-state index in [0.717, 1.165) is 25.1 Å². The minimum atomic E-state index is 0.0753. The summed E-state index contributed by atoms with van der Waals surface area (Å²) in [6.07, 6.45) is 7.30. The maximum absolute atomic E-state index is 6.07. The highest BCUT2D eigenvalue weighted by molar-refractivity contribution is 5.06. The molecule has 2 rings (SSSR count). The molecule has 1 saturated heterocycles. The standard InChI is InChI=1S/C12H21N3O/c1-3-10(13)11-7-14-8-15(11)9(2)12-5-4-6-16-12/h7-10,12H,3-6,13H2,1-2H3/t9?,10-,12?/m1/s1. The topological polar surface area (TPSA) is 53.1 Å². The van der Waals surface area contributed by atoms with Crippen LogP contribution in [0.3, 0.4) is 0 Å². The quantitative estimate of drug-likeness (QED) is 0.849. The van der Waals surface area contributed by atoms with Crippen molar-refractivity contribution in [3.63, 3.8) is 0 Å². The number of imidazole rings is 1. The largest absolute Gasteiger partial charge is 0.376 e. The molecule has 1 aliphatic heterocycles. The molecule has 1 fully saturated rings. The van der Waals surface area contributed by atoms with Gasteiger partial charge in [0.25, 0.3) is 0 Å². The maximum atomic E-state index is 6.07. The van der Waals surface area contributed by atoms with E-state index in [0.29, 0.717) is 12.1 Å². The molecule has 0 radical (unpaired) electrons. The number of hydrogen-bond donors (Lipinski definition) is 1. The molecule has 90 valence electrons. The first-order valence-electron chi connectivity index (χ1n) is 6.13. The first kappa shape index (κ1) is 11.6. The summed E-state index contributed by atoms with van der Waals surface area (Å²) in [5, 5.41) is 0. The van der Waals surface area contributed by atoms with Crippen LogP contribution in [0.1, 0.15) is 50.9 Å². The van der Waals surface area contributed by atoms with Gasteiger partial charge in [-0.15, -0.1) is 0 Å². The van der Waals surface area contributed by atoms with E-state index in [-0.39, 0.29) is 6.04 Å².